The minimum absolute atomic E-state index is 0.799. The molecular weight excluding hydrogens is 152 g/mol. The fourth-order valence-corrected chi connectivity index (χ4v) is 1.00. The van der Waals surface area contributed by atoms with Crippen LogP contribution in [0.15, 0.2) is 35.0 Å². The van der Waals surface area contributed by atoms with Gasteiger partial charge in [-0.2, -0.15) is 0 Å². The van der Waals surface area contributed by atoms with Crippen molar-refractivity contribution in [1.29, 1.82) is 0 Å². The molecule has 1 rings (SSSR count). The molecule has 0 unspecified atom stereocenters. The molecule has 0 aromatic carbocycles. The first-order valence-corrected chi connectivity index (χ1v) is 4.06. The predicted octanol–water partition coefficient (Wildman–Crippen LogP) is 2.36. The number of aryl methyl sites for hydroxylation is 1. The third-order valence-corrected chi connectivity index (χ3v) is 1.59. The number of carbonyl (C=O) groups is 1. The Labute approximate surface area is 71.9 Å². The molecule has 0 N–H and O–H groups in total. The van der Waals surface area contributed by atoms with Crippen molar-refractivity contribution in [2.75, 3.05) is 0 Å². The van der Waals surface area contributed by atoms with Gasteiger partial charge in [-0.3, -0.25) is 4.79 Å². The second-order valence-corrected chi connectivity index (χ2v) is 2.54. The summed E-state index contributed by atoms with van der Waals surface area (Å²) in [6.45, 7) is 0. The first-order chi connectivity index (χ1) is 5.93. The number of furan rings is 1. The van der Waals surface area contributed by atoms with Gasteiger partial charge in [0.25, 0.3) is 0 Å². The summed E-state index contributed by atoms with van der Waals surface area (Å²) in [6, 6.07) is 3.85. The molecule has 64 valence electrons. The lowest BCUT2D eigenvalue weighted by atomic mass is 10.2. The molecule has 0 radical (unpaired) electrons. The van der Waals surface area contributed by atoms with Crippen LogP contribution in [0.25, 0.3) is 0 Å². The predicted molar refractivity (Wildman–Crippen MR) is 46.9 cm³/mol. The van der Waals surface area contributed by atoms with Gasteiger partial charge in [0.15, 0.2) is 0 Å². The highest BCUT2D eigenvalue weighted by Gasteiger charge is 1.92. The van der Waals surface area contributed by atoms with E-state index in [0.717, 1.165) is 31.3 Å². The minimum Gasteiger partial charge on any atom is -0.469 e. The van der Waals surface area contributed by atoms with Gasteiger partial charge in [0.1, 0.15) is 12.0 Å². The first kappa shape index (κ1) is 8.78. The molecule has 0 amide bonds. The van der Waals surface area contributed by atoms with Gasteiger partial charge in [-0.1, -0.05) is 6.08 Å². The molecule has 1 heterocycles. The van der Waals surface area contributed by atoms with E-state index in [1.807, 2.05) is 18.2 Å². The Morgan fingerprint density at radius 1 is 1.50 bits per heavy atom. The molecule has 0 aliphatic carbocycles. The molecule has 0 bridgehead atoms. The van der Waals surface area contributed by atoms with Crippen LogP contribution in [0.3, 0.4) is 0 Å². The van der Waals surface area contributed by atoms with Gasteiger partial charge in [0, 0.05) is 6.42 Å². The minimum atomic E-state index is 0.799. The number of hydrogen-bond donors (Lipinski definition) is 0. The van der Waals surface area contributed by atoms with E-state index in [0.29, 0.717) is 0 Å². The van der Waals surface area contributed by atoms with Gasteiger partial charge in [-0.05, 0) is 31.1 Å². The Hall–Kier alpha value is -1.31. The fourth-order valence-electron chi connectivity index (χ4n) is 1.00. The van der Waals surface area contributed by atoms with E-state index >= 15 is 0 Å². The highest BCUT2D eigenvalue weighted by atomic mass is 16.3. The third-order valence-electron chi connectivity index (χ3n) is 1.59. The zero-order chi connectivity index (χ0) is 8.65. The Morgan fingerprint density at radius 2 is 2.42 bits per heavy atom. The number of carbonyl (C=O) groups excluding carboxylic acids is 1. The highest BCUT2D eigenvalue weighted by molar-refractivity contribution is 5.64. The molecule has 12 heavy (non-hydrogen) atoms. The van der Waals surface area contributed by atoms with E-state index in [2.05, 4.69) is 0 Å². The van der Waals surface area contributed by atoms with E-state index < -0.39 is 0 Å². The summed E-state index contributed by atoms with van der Waals surface area (Å²) in [5.41, 5.74) is 0. The quantitative estimate of drug-likeness (QED) is 0.380. The Balaban J connectivity index is 2.11. The van der Waals surface area contributed by atoms with Crippen LogP contribution in [0.5, 0.6) is 0 Å². The molecule has 0 saturated carbocycles. The highest BCUT2D eigenvalue weighted by Crippen LogP contribution is 2.05. The summed E-state index contributed by atoms with van der Waals surface area (Å²) < 4.78 is 5.15. The van der Waals surface area contributed by atoms with Crippen molar-refractivity contribution in [2.45, 2.75) is 19.3 Å². The topological polar surface area (TPSA) is 30.2 Å². The molecule has 2 nitrogen and oxygen atoms in total. The molecule has 0 atom stereocenters. The number of rotatable bonds is 5. The van der Waals surface area contributed by atoms with Crippen LogP contribution in [0.4, 0.5) is 0 Å². The second-order valence-electron chi connectivity index (χ2n) is 2.54. The maximum atomic E-state index is 9.89. The molecular formula is C10H12O2. The second kappa shape index (κ2) is 5.35. The summed E-state index contributed by atoms with van der Waals surface area (Å²) in [5.74, 6) is 1.01. The molecule has 0 aliphatic heterocycles. The molecule has 0 saturated heterocycles. The monoisotopic (exact) mass is 164 g/mol. The SMILES string of the molecule is O=C/C=C/CCCc1ccco1. The van der Waals surface area contributed by atoms with E-state index in [-0.39, 0.29) is 0 Å². The maximum absolute atomic E-state index is 9.89. The number of hydrogen-bond acceptors (Lipinski definition) is 2. The van der Waals surface area contributed by atoms with Crippen LogP contribution in [0.1, 0.15) is 18.6 Å². The molecule has 2 heteroatoms. The van der Waals surface area contributed by atoms with Crippen molar-refractivity contribution in [3.05, 3.63) is 36.3 Å². The Bertz CT molecular complexity index is 234. The van der Waals surface area contributed by atoms with Gasteiger partial charge in [-0.25, -0.2) is 0 Å². The van der Waals surface area contributed by atoms with Gasteiger partial charge >= 0.3 is 0 Å². The first-order valence-electron chi connectivity index (χ1n) is 4.06. The lowest BCUT2D eigenvalue weighted by Gasteiger charge is -1.91. The van der Waals surface area contributed by atoms with Gasteiger partial charge in [0.2, 0.25) is 0 Å². The summed E-state index contributed by atoms with van der Waals surface area (Å²) in [5, 5.41) is 0. The largest absolute Gasteiger partial charge is 0.469 e. The van der Waals surface area contributed by atoms with E-state index in [4.69, 9.17) is 4.42 Å². The summed E-state index contributed by atoms with van der Waals surface area (Å²) in [4.78, 5) is 9.89. The van der Waals surface area contributed by atoms with Crippen LogP contribution in [-0.4, -0.2) is 6.29 Å². The van der Waals surface area contributed by atoms with Crippen molar-refractivity contribution in [2.24, 2.45) is 0 Å². The summed E-state index contributed by atoms with van der Waals surface area (Å²) >= 11 is 0. The average Bonchev–Trinajstić information content (AvgIpc) is 2.57. The number of unbranched alkanes of at least 4 members (excludes halogenated alkanes) is 1. The van der Waals surface area contributed by atoms with Crippen molar-refractivity contribution in [3.63, 3.8) is 0 Å². The van der Waals surface area contributed by atoms with Crippen molar-refractivity contribution in [1.82, 2.24) is 0 Å². The summed E-state index contributed by atoms with van der Waals surface area (Å²) in [7, 11) is 0. The van der Waals surface area contributed by atoms with Gasteiger partial charge < -0.3 is 4.42 Å². The normalized spacial score (nSPS) is 10.7. The molecule has 1 aromatic rings. The van der Waals surface area contributed by atoms with Crippen LogP contribution in [0, 0.1) is 0 Å². The van der Waals surface area contributed by atoms with Crippen LogP contribution >= 0.6 is 0 Å². The zero-order valence-corrected chi connectivity index (χ0v) is 6.90. The zero-order valence-electron chi connectivity index (χ0n) is 6.90. The van der Waals surface area contributed by atoms with Crippen molar-refractivity contribution >= 4 is 6.29 Å². The van der Waals surface area contributed by atoms with E-state index in [9.17, 15) is 4.79 Å². The van der Waals surface area contributed by atoms with Crippen molar-refractivity contribution < 1.29 is 9.21 Å². The Kier molecular flexibility index (Phi) is 3.92. The van der Waals surface area contributed by atoms with Gasteiger partial charge in [-0.15, -0.1) is 0 Å². The lowest BCUT2D eigenvalue weighted by molar-refractivity contribution is -0.104. The van der Waals surface area contributed by atoms with Crippen LogP contribution < -0.4 is 0 Å². The van der Waals surface area contributed by atoms with Crippen LogP contribution in [0.2, 0.25) is 0 Å². The van der Waals surface area contributed by atoms with E-state index in [1.165, 1.54) is 6.08 Å². The smallest absolute Gasteiger partial charge is 0.142 e. The number of aldehydes is 1. The number of allylic oxidation sites excluding steroid dienone is 2. The van der Waals surface area contributed by atoms with Crippen LogP contribution in [-0.2, 0) is 11.2 Å². The average molecular weight is 164 g/mol. The molecule has 1 aromatic heterocycles. The lowest BCUT2D eigenvalue weighted by Crippen LogP contribution is -1.79. The van der Waals surface area contributed by atoms with Gasteiger partial charge in [0.05, 0.1) is 6.26 Å². The summed E-state index contributed by atoms with van der Waals surface area (Å²) in [6.07, 6.45) is 8.77. The molecule has 0 aliphatic rings. The molecule has 0 spiro atoms. The standard InChI is InChI=1S/C10H12O2/c11-8-4-2-1-3-6-10-7-5-9-12-10/h2,4-5,7-9H,1,3,6H2/b4-2+. The van der Waals surface area contributed by atoms with Crippen molar-refractivity contribution in [3.8, 4) is 0 Å². The third kappa shape index (κ3) is 3.19. The fraction of sp³-hybridized carbons (Fsp3) is 0.300. The maximum Gasteiger partial charge on any atom is 0.142 e. The Morgan fingerprint density at radius 3 is 3.08 bits per heavy atom. The molecule has 0 fully saturated rings. The van der Waals surface area contributed by atoms with E-state index in [1.54, 1.807) is 6.26 Å².